The molecule has 0 fully saturated rings. The predicted octanol–water partition coefficient (Wildman–Crippen LogP) is 2.84. The standard InChI is InChI=1S/C7H14OS2/c1-4-5-6(2)10-7(9)8-3/h6H,4-5H2,1-3H3. The van der Waals surface area contributed by atoms with E-state index in [2.05, 4.69) is 13.8 Å². The summed E-state index contributed by atoms with van der Waals surface area (Å²) in [6.45, 7) is 4.34. The average molecular weight is 178 g/mol. The number of rotatable bonds is 3. The Balaban J connectivity index is 3.37. The number of hydrogen-bond acceptors (Lipinski definition) is 3. The van der Waals surface area contributed by atoms with Gasteiger partial charge in [0.1, 0.15) is 0 Å². The van der Waals surface area contributed by atoms with Gasteiger partial charge in [-0.3, -0.25) is 0 Å². The monoisotopic (exact) mass is 178 g/mol. The molecule has 0 bridgehead atoms. The maximum atomic E-state index is 4.89. The summed E-state index contributed by atoms with van der Waals surface area (Å²) in [5, 5.41) is 0.595. The summed E-state index contributed by atoms with van der Waals surface area (Å²) >= 11 is 6.52. The molecule has 0 aromatic heterocycles. The lowest BCUT2D eigenvalue weighted by molar-refractivity contribution is 0.426. The molecular formula is C7H14OS2. The summed E-state index contributed by atoms with van der Waals surface area (Å²) in [5.41, 5.74) is 0. The maximum absolute atomic E-state index is 4.89. The number of thioether (sulfide) groups is 1. The van der Waals surface area contributed by atoms with Crippen molar-refractivity contribution in [1.82, 2.24) is 0 Å². The molecule has 0 rings (SSSR count). The van der Waals surface area contributed by atoms with Crippen LogP contribution in [0.4, 0.5) is 0 Å². The molecule has 0 spiro atoms. The summed E-state index contributed by atoms with van der Waals surface area (Å²) in [6, 6.07) is 0. The fourth-order valence-corrected chi connectivity index (χ4v) is 1.95. The Hall–Kier alpha value is 0.240. The van der Waals surface area contributed by atoms with Gasteiger partial charge in [0.25, 0.3) is 0 Å². The Labute approximate surface area is 72.5 Å². The van der Waals surface area contributed by atoms with Crippen LogP contribution in [0.3, 0.4) is 0 Å². The summed E-state index contributed by atoms with van der Waals surface area (Å²) < 4.78 is 5.52. The van der Waals surface area contributed by atoms with Crippen molar-refractivity contribution in [2.45, 2.75) is 31.9 Å². The lowest BCUT2D eigenvalue weighted by Crippen LogP contribution is -2.01. The minimum absolute atomic E-state index is 0.595. The zero-order valence-corrected chi connectivity index (χ0v) is 8.35. The minimum atomic E-state index is 0.595. The molecule has 0 aromatic carbocycles. The first kappa shape index (κ1) is 10.2. The first-order valence-corrected chi connectivity index (χ1v) is 4.74. The minimum Gasteiger partial charge on any atom is -0.482 e. The first-order chi connectivity index (χ1) is 4.70. The molecule has 0 saturated heterocycles. The Morgan fingerprint density at radius 3 is 2.70 bits per heavy atom. The van der Waals surface area contributed by atoms with Crippen LogP contribution in [0.15, 0.2) is 0 Å². The van der Waals surface area contributed by atoms with E-state index < -0.39 is 0 Å². The van der Waals surface area contributed by atoms with E-state index in [1.165, 1.54) is 12.8 Å². The summed E-state index contributed by atoms with van der Waals surface area (Å²) in [5.74, 6) is 0. The molecular weight excluding hydrogens is 164 g/mol. The molecule has 1 nitrogen and oxygen atoms in total. The molecule has 0 aliphatic carbocycles. The molecule has 0 heterocycles. The van der Waals surface area contributed by atoms with Crippen molar-refractivity contribution >= 4 is 28.4 Å². The normalized spacial score (nSPS) is 12.7. The Bertz CT molecular complexity index is 104. The molecule has 0 saturated carbocycles. The SMILES string of the molecule is CCCC(C)SC(=S)OC. The van der Waals surface area contributed by atoms with Crippen LogP contribution in [0, 0.1) is 0 Å². The number of hydrogen-bond donors (Lipinski definition) is 0. The van der Waals surface area contributed by atoms with Gasteiger partial charge in [-0.1, -0.05) is 32.0 Å². The highest BCUT2D eigenvalue weighted by Gasteiger charge is 2.04. The number of thiocarbonyl (C=S) groups is 1. The zero-order valence-electron chi connectivity index (χ0n) is 6.72. The molecule has 0 aliphatic rings. The second-order valence-corrected chi connectivity index (χ2v) is 4.21. The highest BCUT2D eigenvalue weighted by molar-refractivity contribution is 8.23. The molecule has 0 aliphatic heterocycles. The van der Waals surface area contributed by atoms with Crippen molar-refractivity contribution in [3.05, 3.63) is 0 Å². The third kappa shape index (κ3) is 5.06. The molecule has 0 N–H and O–H groups in total. The van der Waals surface area contributed by atoms with Gasteiger partial charge in [-0.25, -0.2) is 0 Å². The fourth-order valence-electron chi connectivity index (χ4n) is 0.678. The lowest BCUT2D eigenvalue weighted by atomic mass is 10.3. The average Bonchev–Trinajstić information content (AvgIpc) is 1.88. The van der Waals surface area contributed by atoms with Gasteiger partial charge in [0, 0.05) is 5.25 Å². The summed E-state index contributed by atoms with van der Waals surface area (Å²) in [6.07, 6.45) is 2.41. The molecule has 0 amide bonds. The summed E-state index contributed by atoms with van der Waals surface area (Å²) in [4.78, 5) is 0. The van der Waals surface area contributed by atoms with Crippen molar-refractivity contribution in [2.24, 2.45) is 0 Å². The van der Waals surface area contributed by atoms with Gasteiger partial charge < -0.3 is 4.74 Å². The zero-order chi connectivity index (χ0) is 7.98. The van der Waals surface area contributed by atoms with E-state index in [1.807, 2.05) is 0 Å². The van der Waals surface area contributed by atoms with Gasteiger partial charge >= 0.3 is 0 Å². The Morgan fingerprint density at radius 2 is 2.30 bits per heavy atom. The molecule has 1 unspecified atom stereocenters. The van der Waals surface area contributed by atoms with Gasteiger partial charge in [0.2, 0.25) is 4.38 Å². The quantitative estimate of drug-likeness (QED) is 0.615. The molecule has 3 heteroatoms. The van der Waals surface area contributed by atoms with Crippen molar-refractivity contribution in [1.29, 1.82) is 0 Å². The van der Waals surface area contributed by atoms with Crippen LogP contribution >= 0.6 is 24.0 Å². The second kappa shape index (κ2) is 5.98. The Morgan fingerprint density at radius 1 is 1.70 bits per heavy atom. The van der Waals surface area contributed by atoms with Gasteiger partial charge in [-0.05, 0) is 18.6 Å². The maximum Gasteiger partial charge on any atom is 0.219 e. The van der Waals surface area contributed by atoms with Gasteiger partial charge in [0.05, 0.1) is 7.11 Å². The second-order valence-electron chi connectivity index (χ2n) is 2.17. The van der Waals surface area contributed by atoms with Crippen LogP contribution in [0.5, 0.6) is 0 Å². The number of ether oxygens (including phenoxy) is 1. The van der Waals surface area contributed by atoms with E-state index in [0.717, 1.165) is 0 Å². The van der Waals surface area contributed by atoms with Crippen LogP contribution in [-0.4, -0.2) is 16.7 Å². The van der Waals surface area contributed by atoms with Gasteiger partial charge in [0.15, 0.2) is 0 Å². The smallest absolute Gasteiger partial charge is 0.219 e. The third-order valence-corrected chi connectivity index (χ3v) is 2.61. The van der Waals surface area contributed by atoms with Gasteiger partial charge in [-0.15, -0.1) is 0 Å². The van der Waals surface area contributed by atoms with E-state index in [9.17, 15) is 0 Å². The molecule has 0 radical (unpaired) electrons. The fraction of sp³-hybridized carbons (Fsp3) is 0.857. The largest absolute Gasteiger partial charge is 0.482 e. The number of methoxy groups -OCH3 is 1. The third-order valence-electron chi connectivity index (χ3n) is 1.16. The van der Waals surface area contributed by atoms with Crippen LogP contribution in [0.2, 0.25) is 0 Å². The highest BCUT2D eigenvalue weighted by Crippen LogP contribution is 2.17. The van der Waals surface area contributed by atoms with Crippen molar-refractivity contribution in [3.63, 3.8) is 0 Å². The van der Waals surface area contributed by atoms with Gasteiger partial charge in [-0.2, -0.15) is 0 Å². The van der Waals surface area contributed by atoms with Crippen molar-refractivity contribution in [3.8, 4) is 0 Å². The topological polar surface area (TPSA) is 9.23 Å². The molecule has 1 atom stereocenters. The van der Waals surface area contributed by atoms with Crippen LogP contribution in [0.1, 0.15) is 26.7 Å². The lowest BCUT2D eigenvalue weighted by Gasteiger charge is -2.08. The summed E-state index contributed by atoms with van der Waals surface area (Å²) in [7, 11) is 1.62. The van der Waals surface area contributed by atoms with Crippen LogP contribution in [0.25, 0.3) is 0 Å². The van der Waals surface area contributed by atoms with Crippen LogP contribution in [-0.2, 0) is 4.74 Å². The van der Waals surface area contributed by atoms with E-state index >= 15 is 0 Å². The van der Waals surface area contributed by atoms with Crippen LogP contribution < -0.4 is 0 Å². The van der Waals surface area contributed by atoms with E-state index in [-0.39, 0.29) is 0 Å². The predicted molar refractivity (Wildman–Crippen MR) is 51.6 cm³/mol. The van der Waals surface area contributed by atoms with Crippen molar-refractivity contribution in [2.75, 3.05) is 7.11 Å². The first-order valence-electron chi connectivity index (χ1n) is 3.45. The molecule has 60 valence electrons. The molecule has 0 aromatic rings. The van der Waals surface area contributed by atoms with Crippen molar-refractivity contribution < 1.29 is 4.74 Å². The van der Waals surface area contributed by atoms with E-state index in [4.69, 9.17) is 17.0 Å². The van der Waals surface area contributed by atoms with E-state index in [1.54, 1.807) is 18.9 Å². The Kier molecular flexibility index (Phi) is 6.13. The molecule has 10 heavy (non-hydrogen) atoms. The van der Waals surface area contributed by atoms with E-state index in [0.29, 0.717) is 9.63 Å². The highest BCUT2D eigenvalue weighted by atomic mass is 32.2.